The molecule has 0 aliphatic carbocycles. The van der Waals surface area contributed by atoms with Gasteiger partial charge in [-0.1, -0.05) is 6.07 Å². The lowest BCUT2D eigenvalue weighted by Gasteiger charge is -2.32. The molecule has 21 heavy (non-hydrogen) atoms. The smallest absolute Gasteiger partial charge is 0.128 e. The minimum Gasteiger partial charge on any atom is -0.369 e. The Morgan fingerprint density at radius 1 is 1.43 bits per heavy atom. The lowest BCUT2D eigenvalue weighted by molar-refractivity contribution is -0.0349. The lowest BCUT2D eigenvalue weighted by Crippen LogP contribution is -2.38. The monoisotopic (exact) mass is 304 g/mol. The summed E-state index contributed by atoms with van der Waals surface area (Å²) < 4.78 is 5.91. The summed E-state index contributed by atoms with van der Waals surface area (Å²) in [7, 11) is 4.01. The van der Waals surface area contributed by atoms with E-state index in [4.69, 9.17) is 4.74 Å². The number of ether oxygens (including phenoxy) is 1. The van der Waals surface area contributed by atoms with Gasteiger partial charge >= 0.3 is 0 Å². The molecule has 0 N–H and O–H groups in total. The number of aromatic nitrogens is 2. The summed E-state index contributed by atoms with van der Waals surface area (Å²) in [6.07, 6.45) is 1.90. The molecule has 0 saturated carbocycles. The molecule has 1 saturated heterocycles. The van der Waals surface area contributed by atoms with Gasteiger partial charge in [0.1, 0.15) is 16.9 Å². The Morgan fingerprint density at radius 2 is 2.33 bits per heavy atom. The van der Waals surface area contributed by atoms with Crippen LogP contribution >= 0.6 is 11.3 Å². The molecule has 0 bridgehead atoms. The third kappa shape index (κ3) is 3.58. The average Bonchev–Trinajstić information content (AvgIpc) is 3.00. The molecule has 6 heteroatoms. The van der Waals surface area contributed by atoms with Crippen LogP contribution in [0.2, 0.25) is 0 Å². The summed E-state index contributed by atoms with van der Waals surface area (Å²) in [5.74, 6) is 0.966. The van der Waals surface area contributed by atoms with Crippen molar-refractivity contribution in [1.82, 2.24) is 14.9 Å². The molecule has 0 radical (unpaired) electrons. The second kappa shape index (κ2) is 6.51. The highest BCUT2D eigenvalue weighted by atomic mass is 32.1. The van der Waals surface area contributed by atoms with Gasteiger partial charge in [0.25, 0.3) is 0 Å². The molecule has 3 rings (SSSR count). The fourth-order valence-corrected chi connectivity index (χ4v) is 3.07. The summed E-state index contributed by atoms with van der Waals surface area (Å²) in [4.78, 5) is 13.4. The number of anilines is 1. The van der Waals surface area contributed by atoms with E-state index in [1.165, 1.54) is 0 Å². The zero-order valence-electron chi connectivity index (χ0n) is 12.4. The first-order valence-corrected chi connectivity index (χ1v) is 7.97. The predicted octanol–water partition coefficient (Wildman–Crippen LogP) is 2.18. The van der Waals surface area contributed by atoms with E-state index in [1.54, 1.807) is 11.3 Å². The molecule has 3 heterocycles. The zero-order chi connectivity index (χ0) is 14.7. The van der Waals surface area contributed by atoms with E-state index in [0.717, 1.165) is 42.8 Å². The minimum atomic E-state index is 0.0404. The van der Waals surface area contributed by atoms with Crippen LogP contribution in [0.25, 0.3) is 0 Å². The van der Waals surface area contributed by atoms with Gasteiger partial charge < -0.3 is 9.64 Å². The van der Waals surface area contributed by atoms with Gasteiger partial charge in [0.05, 0.1) is 18.8 Å². The second-order valence-corrected chi connectivity index (χ2v) is 6.31. The van der Waals surface area contributed by atoms with Gasteiger partial charge in [0.15, 0.2) is 0 Å². The van der Waals surface area contributed by atoms with Gasteiger partial charge in [-0.15, -0.1) is 11.3 Å². The number of morpholine rings is 1. The van der Waals surface area contributed by atoms with E-state index in [1.807, 2.05) is 48.8 Å². The topological polar surface area (TPSA) is 41.5 Å². The Bertz CT molecular complexity index is 573. The van der Waals surface area contributed by atoms with E-state index < -0.39 is 0 Å². The maximum Gasteiger partial charge on any atom is 0.128 e. The van der Waals surface area contributed by atoms with E-state index in [9.17, 15) is 0 Å². The molecule has 1 aliphatic rings. The first kappa shape index (κ1) is 14.4. The maximum absolute atomic E-state index is 5.91. The van der Waals surface area contributed by atoms with E-state index in [2.05, 4.69) is 14.9 Å². The van der Waals surface area contributed by atoms with Crippen LogP contribution < -0.4 is 4.90 Å². The standard InChI is InChI=1S/C15H20N4OS/c1-18(2)14-5-3-4-12(17-14)13-10-19(7-8-20-13)11-15-16-6-9-21-15/h3-6,9,13H,7-8,10-11H2,1-2H3. The fourth-order valence-electron chi connectivity index (χ4n) is 2.42. The van der Waals surface area contributed by atoms with Gasteiger partial charge in [-0.2, -0.15) is 0 Å². The zero-order valence-corrected chi connectivity index (χ0v) is 13.2. The Kier molecular flexibility index (Phi) is 4.48. The molecule has 1 atom stereocenters. The molecule has 1 aliphatic heterocycles. The van der Waals surface area contributed by atoms with Gasteiger partial charge in [0.2, 0.25) is 0 Å². The number of thiazole rings is 1. The van der Waals surface area contributed by atoms with Crippen molar-refractivity contribution in [2.75, 3.05) is 38.7 Å². The van der Waals surface area contributed by atoms with E-state index in [-0.39, 0.29) is 6.10 Å². The molecular weight excluding hydrogens is 284 g/mol. The Morgan fingerprint density at radius 3 is 3.10 bits per heavy atom. The highest BCUT2D eigenvalue weighted by molar-refractivity contribution is 7.09. The Labute approximate surface area is 129 Å². The highest BCUT2D eigenvalue weighted by Gasteiger charge is 2.23. The summed E-state index contributed by atoms with van der Waals surface area (Å²) in [5.41, 5.74) is 1.00. The lowest BCUT2D eigenvalue weighted by atomic mass is 10.2. The Hall–Kier alpha value is -1.50. The summed E-state index contributed by atoms with van der Waals surface area (Å²) in [6, 6.07) is 6.10. The van der Waals surface area contributed by atoms with Crippen molar-refractivity contribution in [2.45, 2.75) is 12.6 Å². The van der Waals surface area contributed by atoms with Crippen molar-refractivity contribution >= 4 is 17.2 Å². The molecule has 1 fully saturated rings. The van der Waals surface area contributed by atoms with E-state index in [0.29, 0.717) is 0 Å². The number of nitrogens with zero attached hydrogens (tertiary/aromatic N) is 4. The van der Waals surface area contributed by atoms with Crippen LogP contribution in [0.3, 0.4) is 0 Å². The Balaban J connectivity index is 1.69. The SMILES string of the molecule is CN(C)c1cccc(C2CN(Cc3nccs3)CCO2)n1. The quantitative estimate of drug-likeness (QED) is 0.866. The van der Waals surface area contributed by atoms with Gasteiger partial charge in [-0.3, -0.25) is 4.90 Å². The van der Waals surface area contributed by atoms with Crippen LogP contribution in [0.4, 0.5) is 5.82 Å². The van der Waals surface area contributed by atoms with Crippen LogP contribution in [0.1, 0.15) is 16.8 Å². The predicted molar refractivity (Wildman–Crippen MR) is 84.6 cm³/mol. The molecular formula is C15H20N4OS. The third-order valence-electron chi connectivity index (χ3n) is 3.54. The number of hydrogen-bond acceptors (Lipinski definition) is 6. The maximum atomic E-state index is 5.91. The van der Waals surface area contributed by atoms with Crippen molar-refractivity contribution in [2.24, 2.45) is 0 Å². The van der Waals surface area contributed by atoms with Crippen LogP contribution in [0.15, 0.2) is 29.8 Å². The molecule has 0 aromatic carbocycles. The van der Waals surface area contributed by atoms with Crippen LogP contribution in [0.5, 0.6) is 0 Å². The molecule has 2 aromatic rings. The third-order valence-corrected chi connectivity index (χ3v) is 4.30. The number of hydrogen-bond donors (Lipinski definition) is 0. The van der Waals surface area contributed by atoms with E-state index >= 15 is 0 Å². The largest absolute Gasteiger partial charge is 0.369 e. The summed E-state index contributed by atoms with van der Waals surface area (Å²) >= 11 is 1.70. The highest BCUT2D eigenvalue weighted by Crippen LogP contribution is 2.23. The van der Waals surface area contributed by atoms with Gasteiger partial charge in [0, 0.05) is 38.8 Å². The summed E-state index contributed by atoms with van der Waals surface area (Å²) in [6.45, 7) is 3.45. The van der Waals surface area contributed by atoms with Crippen LogP contribution in [-0.2, 0) is 11.3 Å². The minimum absolute atomic E-state index is 0.0404. The van der Waals surface area contributed by atoms with Crippen molar-refractivity contribution in [3.63, 3.8) is 0 Å². The molecule has 0 spiro atoms. The first-order valence-electron chi connectivity index (χ1n) is 7.09. The molecule has 1 unspecified atom stereocenters. The van der Waals surface area contributed by atoms with Gasteiger partial charge in [-0.05, 0) is 12.1 Å². The number of pyridine rings is 1. The molecule has 2 aromatic heterocycles. The molecule has 0 amide bonds. The van der Waals surface area contributed by atoms with Crippen LogP contribution in [0, 0.1) is 0 Å². The average molecular weight is 304 g/mol. The van der Waals surface area contributed by atoms with Crippen molar-refractivity contribution in [3.8, 4) is 0 Å². The van der Waals surface area contributed by atoms with Crippen molar-refractivity contribution < 1.29 is 4.74 Å². The molecule has 5 nitrogen and oxygen atoms in total. The fraction of sp³-hybridized carbons (Fsp3) is 0.467. The number of rotatable bonds is 4. The second-order valence-electron chi connectivity index (χ2n) is 5.34. The molecule has 112 valence electrons. The van der Waals surface area contributed by atoms with Crippen LogP contribution in [-0.4, -0.2) is 48.7 Å². The van der Waals surface area contributed by atoms with Crippen molar-refractivity contribution in [1.29, 1.82) is 0 Å². The normalized spacial score (nSPS) is 19.6. The van der Waals surface area contributed by atoms with Crippen molar-refractivity contribution in [3.05, 3.63) is 40.5 Å². The summed E-state index contributed by atoms with van der Waals surface area (Å²) in [5, 5.41) is 3.18. The first-order chi connectivity index (χ1) is 10.2. The van der Waals surface area contributed by atoms with Gasteiger partial charge in [-0.25, -0.2) is 9.97 Å².